The number of nitrogens with one attached hydrogen (secondary N) is 1. The topological polar surface area (TPSA) is 59.4 Å². The summed E-state index contributed by atoms with van der Waals surface area (Å²) in [5, 5.41) is 4.75. The van der Waals surface area contributed by atoms with E-state index in [9.17, 15) is 4.79 Å². The molecule has 6 nitrogen and oxygen atoms in total. The van der Waals surface area contributed by atoms with Gasteiger partial charge in [-0.25, -0.2) is 4.98 Å². The highest BCUT2D eigenvalue weighted by Gasteiger charge is 2.30. The number of halogens is 3. The molecule has 2 aliphatic rings. The van der Waals surface area contributed by atoms with Gasteiger partial charge in [0.05, 0.1) is 33.7 Å². The van der Waals surface area contributed by atoms with E-state index in [-0.39, 0.29) is 17.9 Å². The minimum atomic E-state index is 0.00380. The van der Waals surface area contributed by atoms with E-state index in [0.29, 0.717) is 21.7 Å². The second kappa shape index (κ2) is 9.10. The molecule has 32 heavy (non-hydrogen) atoms. The number of piperidine rings is 1. The van der Waals surface area contributed by atoms with Gasteiger partial charge in [-0.15, -0.1) is 0 Å². The van der Waals surface area contributed by atoms with E-state index in [2.05, 4.69) is 14.8 Å². The molecule has 0 spiro atoms. The molecule has 1 unspecified atom stereocenters. The van der Waals surface area contributed by atoms with Crippen molar-refractivity contribution in [2.24, 2.45) is 5.92 Å². The van der Waals surface area contributed by atoms with E-state index in [1.807, 2.05) is 30.3 Å². The number of benzene rings is 2. The summed E-state index contributed by atoms with van der Waals surface area (Å²) in [7, 11) is 0. The maximum absolute atomic E-state index is 12.7. The van der Waals surface area contributed by atoms with Crippen LogP contribution in [0.15, 0.2) is 36.4 Å². The molecule has 1 atom stereocenters. The Morgan fingerprint density at radius 2 is 1.75 bits per heavy atom. The Bertz CT molecular complexity index is 1130. The van der Waals surface area contributed by atoms with E-state index in [0.717, 1.165) is 61.6 Å². The van der Waals surface area contributed by atoms with Gasteiger partial charge in [-0.2, -0.15) is 0 Å². The van der Waals surface area contributed by atoms with Crippen molar-refractivity contribution < 1.29 is 9.53 Å². The molecular weight excluding hydrogens is 471 g/mol. The maximum Gasteiger partial charge on any atom is 0.223 e. The fourth-order valence-electron chi connectivity index (χ4n) is 4.43. The Morgan fingerprint density at radius 3 is 2.44 bits per heavy atom. The molecule has 0 aliphatic carbocycles. The lowest BCUT2D eigenvalue weighted by molar-refractivity contribution is -0.126. The third-order valence-corrected chi connectivity index (χ3v) is 7.16. The molecule has 0 saturated carbocycles. The summed E-state index contributed by atoms with van der Waals surface area (Å²) < 4.78 is 7.44. The van der Waals surface area contributed by atoms with Crippen LogP contribution in [0.1, 0.15) is 19.3 Å². The molecule has 0 radical (unpaired) electrons. The number of hydrogen-bond acceptors (Lipinski definition) is 4. The minimum Gasteiger partial charge on any atom is -0.379 e. The van der Waals surface area contributed by atoms with Gasteiger partial charge < -0.3 is 15.0 Å². The van der Waals surface area contributed by atoms with Crippen molar-refractivity contribution in [3.8, 4) is 5.69 Å². The van der Waals surface area contributed by atoms with Gasteiger partial charge in [-0.3, -0.25) is 9.36 Å². The van der Waals surface area contributed by atoms with Gasteiger partial charge in [-0.05, 0) is 55.7 Å². The Morgan fingerprint density at radius 1 is 1.03 bits per heavy atom. The Hall–Kier alpha value is -1.99. The molecule has 1 amide bonds. The lowest BCUT2D eigenvalue weighted by atomic mass is 9.95. The molecule has 2 aliphatic heterocycles. The first-order valence-electron chi connectivity index (χ1n) is 10.8. The highest BCUT2D eigenvalue weighted by Crippen LogP contribution is 2.34. The third kappa shape index (κ3) is 4.29. The standard InChI is InChI=1S/C23H23Cl3N4O2/c24-15-1-3-17(4-2-15)30-21-12-19(26)18(25)11-20(21)28-23(30)29-8-5-14(6-9-29)22(31)27-16-7-10-32-13-16/h1-4,11-12,14,16H,5-10,13H2,(H,27,31). The van der Waals surface area contributed by atoms with E-state index < -0.39 is 0 Å². The number of carbonyl (C=O) groups excluding carboxylic acids is 1. The Labute approximate surface area is 201 Å². The minimum absolute atomic E-state index is 0.00380. The molecular formula is C23H23Cl3N4O2. The number of ether oxygens (including phenoxy) is 1. The zero-order chi connectivity index (χ0) is 22.2. The monoisotopic (exact) mass is 492 g/mol. The zero-order valence-corrected chi connectivity index (χ0v) is 19.6. The van der Waals surface area contributed by atoms with E-state index in [1.165, 1.54) is 0 Å². The fourth-order valence-corrected chi connectivity index (χ4v) is 4.87. The number of imidazole rings is 1. The van der Waals surface area contributed by atoms with Gasteiger partial charge >= 0.3 is 0 Å². The number of aromatic nitrogens is 2. The van der Waals surface area contributed by atoms with Crippen LogP contribution in [0.25, 0.3) is 16.7 Å². The summed E-state index contributed by atoms with van der Waals surface area (Å²) in [6.45, 7) is 2.80. The van der Waals surface area contributed by atoms with Crippen molar-refractivity contribution in [3.63, 3.8) is 0 Å². The van der Waals surface area contributed by atoms with Crippen LogP contribution in [-0.2, 0) is 9.53 Å². The smallest absolute Gasteiger partial charge is 0.223 e. The summed E-state index contributed by atoms with van der Waals surface area (Å²) in [6, 6.07) is 11.4. The normalized spacial score (nSPS) is 19.6. The van der Waals surface area contributed by atoms with Gasteiger partial charge in [0.1, 0.15) is 0 Å². The lowest BCUT2D eigenvalue weighted by Crippen LogP contribution is -2.44. The van der Waals surface area contributed by atoms with Crippen LogP contribution in [-0.4, -0.2) is 47.8 Å². The average molecular weight is 494 g/mol. The highest BCUT2D eigenvalue weighted by atomic mass is 35.5. The number of nitrogens with zero attached hydrogens (tertiary/aromatic N) is 3. The van der Waals surface area contributed by atoms with Crippen molar-refractivity contribution in [1.82, 2.24) is 14.9 Å². The molecule has 3 aromatic rings. The van der Waals surface area contributed by atoms with Crippen molar-refractivity contribution in [2.45, 2.75) is 25.3 Å². The summed E-state index contributed by atoms with van der Waals surface area (Å²) in [6.07, 6.45) is 2.43. The van der Waals surface area contributed by atoms with Crippen LogP contribution < -0.4 is 10.2 Å². The summed E-state index contributed by atoms with van der Waals surface area (Å²) in [4.78, 5) is 19.8. The molecule has 3 heterocycles. The van der Waals surface area contributed by atoms with Gasteiger partial charge in [-0.1, -0.05) is 34.8 Å². The number of carbonyl (C=O) groups is 1. The van der Waals surface area contributed by atoms with E-state index in [4.69, 9.17) is 44.5 Å². The van der Waals surface area contributed by atoms with E-state index >= 15 is 0 Å². The number of anilines is 1. The second-order valence-corrected chi connectivity index (χ2v) is 9.56. The summed E-state index contributed by atoms with van der Waals surface area (Å²) in [5.74, 6) is 0.942. The van der Waals surface area contributed by atoms with Crippen LogP contribution in [0.3, 0.4) is 0 Å². The summed E-state index contributed by atoms with van der Waals surface area (Å²) >= 11 is 18.7. The first kappa shape index (κ1) is 21.8. The molecule has 0 bridgehead atoms. The first-order valence-corrected chi connectivity index (χ1v) is 11.9. The van der Waals surface area contributed by atoms with Gasteiger partial charge in [0, 0.05) is 36.3 Å². The van der Waals surface area contributed by atoms with Crippen molar-refractivity contribution in [1.29, 1.82) is 0 Å². The van der Waals surface area contributed by atoms with Crippen LogP contribution in [0.2, 0.25) is 15.1 Å². The van der Waals surface area contributed by atoms with Crippen LogP contribution in [0.5, 0.6) is 0 Å². The molecule has 2 aromatic carbocycles. The molecule has 2 fully saturated rings. The maximum atomic E-state index is 12.7. The van der Waals surface area contributed by atoms with Crippen LogP contribution in [0.4, 0.5) is 5.95 Å². The second-order valence-electron chi connectivity index (χ2n) is 8.31. The molecule has 5 rings (SSSR count). The first-order chi connectivity index (χ1) is 15.5. The Kier molecular flexibility index (Phi) is 6.21. The SMILES string of the molecule is O=C(NC1CCOC1)C1CCN(c2nc3cc(Cl)c(Cl)cc3n2-c2ccc(Cl)cc2)CC1. The fraction of sp³-hybridized carbons (Fsp3) is 0.391. The number of hydrogen-bond donors (Lipinski definition) is 1. The predicted molar refractivity (Wildman–Crippen MR) is 128 cm³/mol. The number of fused-ring (bicyclic) bond motifs is 1. The molecule has 1 aromatic heterocycles. The Balaban J connectivity index is 1.42. The predicted octanol–water partition coefficient (Wildman–Crippen LogP) is 5.11. The van der Waals surface area contributed by atoms with Crippen molar-refractivity contribution >= 4 is 57.7 Å². The zero-order valence-electron chi connectivity index (χ0n) is 17.4. The van der Waals surface area contributed by atoms with Crippen LogP contribution in [0, 0.1) is 5.92 Å². The summed E-state index contributed by atoms with van der Waals surface area (Å²) in [5.41, 5.74) is 2.58. The van der Waals surface area contributed by atoms with Gasteiger partial charge in [0.25, 0.3) is 0 Å². The molecule has 1 N–H and O–H groups in total. The number of amides is 1. The van der Waals surface area contributed by atoms with E-state index in [1.54, 1.807) is 6.07 Å². The molecule has 2 saturated heterocycles. The largest absolute Gasteiger partial charge is 0.379 e. The van der Waals surface area contributed by atoms with Gasteiger partial charge in [0.15, 0.2) is 0 Å². The van der Waals surface area contributed by atoms with Gasteiger partial charge in [0.2, 0.25) is 11.9 Å². The number of rotatable bonds is 4. The lowest BCUT2D eigenvalue weighted by Gasteiger charge is -2.32. The molecule has 168 valence electrons. The quantitative estimate of drug-likeness (QED) is 0.549. The van der Waals surface area contributed by atoms with Crippen molar-refractivity contribution in [2.75, 3.05) is 31.2 Å². The van der Waals surface area contributed by atoms with Crippen molar-refractivity contribution in [3.05, 3.63) is 51.5 Å². The highest BCUT2D eigenvalue weighted by molar-refractivity contribution is 6.42. The third-order valence-electron chi connectivity index (χ3n) is 6.19. The average Bonchev–Trinajstić information content (AvgIpc) is 3.43. The van der Waals surface area contributed by atoms with Crippen LogP contribution >= 0.6 is 34.8 Å². The molecule has 9 heteroatoms.